The van der Waals surface area contributed by atoms with Crippen LogP contribution in [0.4, 0.5) is 9.59 Å². The maximum Gasteiger partial charge on any atom is 0.410 e. The van der Waals surface area contributed by atoms with E-state index in [-0.39, 0.29) is 31.9 Å². The van der Waals surface area contributed by atoms with Gasteiger partial charge in [-0.25, -0.2) is 18.0 Å². The number of sulfonamides is 1. The number of hydrogen-bond donors (Lipinski definition) is 3. The molecule has 1 unspecified atom stereocenters. The third-order valence-corrected chi connectivity index (χ3v) is 12.9. The van der Waals surface area contributed by atoms with Crippen LogP contribution in [0.25, 0.3) is 0 Å². The van der Waals surface area contributed by atoms with E-state index in [2.05, 4.69) is 15.4 Å². The summed E-state index contributed by atoms with van der Waals surface area (Å²) in [7, 11) is -3.88. The normalized spacial score (nSPS) is 28.9. The second-order valence-corrected chi connectivity index (χ2v) is 18.1. The quantitative estimate of drug-likeness (QED) is 0.389. The number of nitrogens with one attached hydrogen (secondary N) is 3. The summed E-state index contributed by atoms with van der Waals surface area (Å²) in [5.74, 6) is -2.36. The molecule has 2 aliphatic carbocycles. The van der Waals surface area contributed by atoms with Crippen LogP contribution in [-0.4, -0.2) is 96.9 Å². The number of nitrogens with zero attached hydrogens (tertiary/aromatic N) is 2. The average molecular weight is 760 g/mol. The number of fused-ring (bicyclic) bond motifs is 3. The molecule has 5 aliphatic rings. The summed E-state index contributed by atoms with van der Waals surface area (Å²) in [5, 5.41) is 4.89. The molecule has 53 heavy (non-hydrogen) atoms. The van der Waals surface area contributed by atoms with Crippen molar-refractivity contribution in [3.8, 4) is 0 Å². The number of alkyl carbamates (subject to hydrolysis) is 1. The Morgan fingerprint density at radius 1 is 1.02 bits per heavy atom. The molecule has 3 N–H and O–H groups in total. The summed E-state index contributed by atoms with van der Waals surface area (Å²) in [6, 6.07) is 3.59. The highest BCUT2D eigenvalue weighted by atomic mass is 32.2. The summed E-state index contributed by atoms with van der Waals surface area (Å²) < 4.78 is 44.9. The van der Waals surface area contributed by atoms with E-state index in [0.29, 0.717) is 52.0 Å². The van der Waals surface area contributed by atoms with Crippen LogP contribution in [0.3, 0.4) is 0 Å². The van der Waals surface area contributed by atoms with Crippen molar-refractivity contribution in [1.82, 2.24) is 25.2 Å². The maximum atomic E-state index is 14.4. The summed E-state index contributed by atoms with van der Waals surface area (Å²) >= 11 is 0. The Morgan fingerprint density at radius 2 is 1.74 bits per heavy atom. The van der Waals surface area contributed by atoms with Crippen molar-refractivity contribution in [1.29, 1.82) is 0 Å². The Hall–Kier alpha value is -3.92. The maximum absolute atomic E-state index is 14.4. The molecule has 5 amide bonds. The Labute approximate surface area is 311 Å². The highest BCUT2D eigenvalue weighted by Gasteiger charge is 2.62. The second-order valence-electron chi connectivity index (χ2n) is 16.2. The SMILES string of the molecule is CC[C@H]1C[C@@]1(NC(=O)C1C[C@@H]2CN1C(=O)[C@H](C(C)(C)C)NC(=O)OCCCCCCOCc1cccc3c1CN(C3)C(=O)O2)C(=O)NS(=O)(=O)C1CC1. The highest BCUT2D eigenvalue weighted by Crippen LogP contribution is 2.47. The molecule has 3 aliphatic heterocycles. The van der Waals surface area contributed by atoms with Crippen LogP contribution in [0.5, 0.6) is 0 Å². The van der Waals surface area contributed by atoms with E-state index >= 15 is 0 Å². The number of cyclic esters (lactones) is 1. The van der Waals surface area contributed by atoms with Crippen LogP contribution in [0.1, 0.15) is 102 Å². The van der Waals surface area contributed by atoms with Gasteiger partial charge in [-0.15, -0.1) is 0 Å². The van der Waals surface area contributed by atoms with Crippen molar-refractivity contribution >= 4 is 39.9 Å². The lowest BCUT2D eigenvalue weighted by molar-refractivity contribution is -0.143. The highest BCUT2D eigenvalue weighted by molar-refractivity contribution is 7.91. The minimum Gasteiger partial charge on any atom is -0.450 e. The molecule has 16 heteroatoms. The lowest BCUT2D eigenvalue weighted by Gasteiger charge is -2.35. The number of amides is 5. The molecular weight excluding hydrogens is 706 g/mol. The van der Waals surface area contributed by atoms with E-state index in [1.807, 2.05) is 25.1 Å². The molecule has 1 aromatic carbocycles. The molecule has 3 heterocycles. The first-order valence-electron chi connectivity index (χ1n) is 18.9. The fourth-order valence-electron chi connectivity index (χ4n) is 7.62. The van der Waals surface area contributed by atoms with E-state index in [1.165, 1.54) is 4.90 Å². The third-order valence-electron chi connectivity index (χ3n) is 11.1. The van der Waals surface area contributed by atoms with Gasteiger partial charge in [0, 0.05) is 19.6 Å². The first-order chi connectivity index (χ1) is 25.1. The van der Waals surface area contributed by atoms with Gasteiger partial charge < -0.3 is 29.7 Å². The zero-order valence-electron chi connectivity index (χ0n) is 31.1. The molecule has 0 radical (unpaired) electrons. The van der Waals surface area contributed by atoms with Gasteiger partial charge in [-0.3, -0.25) is 24.0 Å². The number of rotatable bonds is 6. The largest absolute Gasteiger partial charge is 0.450 e. The average Bonchev–Trinajstić information content (AvgIpc) is 3.99. The standard InChI is InChI=1S/C37H53N5O10S/c1-5-25-18-37(25,33(45)40-53(48,49)27-13-14-27)39-31(43)29-17-26-20-42(29)32(44)30(36(2,3)4)38-34(46)51-16-9-7-6-8-15-50-22-24-12-10-11-23-19-41(21-28(23)24)35(47)52-26/h10-12,25-27,29-30H,5-9,13-22H2,1-4H3,(H,38,46)(H,39,43)(H,40,45)/t25-,26+,29?,30+,37-/m0/s1. The Bertz CT molecular complexity index is 1710. The van der Waals surface area contributed by atoms with E-state index in [4.69, 9.17) is 14.2 Å². The van der Waals surface area contributed by atoms with Gasteiger partial charge in [0.2, 0.25) is 21.8 Å². The van der Waals surface area contributed by atoms with Crippen LogP contribution in [0.15, 0.2) is 18.2 Å². The zero-order valence-corrected chi connectivity index (χ0v) is 31.9. The van der Waals surface area contributed by atoms with E-state index < -0.39 is 74.3 Å². The fraction of sp³-hybridized carbons (Fsp3) is 0.703. The molecular formula is C37H53N5O10S. The van der Waals surface area contributed by atoms with Crippen molar-refractivity contribution in [2.45, 2.75) is 134 Å². The molecule has 292 valence electrons. The minimum absolute atomic E-state index is 0.0701. The smallest absolute Gasteiger partial charge is 0.410 e. The van der Waals surface area contributed by atoms with Crippen molar-refractivity contribution in [3.63, 3.8) is 0 Å². The predicted octanol–water partition coefficient (Wildman–Crippen LogP) is 3.23. The first kappa shape index (κ1) is 38.8. The minimum atomic E-state index is -3.88. The van der Waals surface area contributed by atoms with Gasteiger partial charge in [0.15, 0.2) is 0 Å². The molecule has 6 rings (SSSR count). The van der Waals surface area contributed by atoms with Crippen LogP contribution < -0.4 is 15.4 Å². The fourth-order valence-corrected chi connectivity index (χ4v) is 8.99. The molecule has 3 fully saturated rings. The topological polar surface area (TPSA) is 190 Å². The molecule has 4 bridgehead atoms. The van der Waals surface area contributed by atoms with E-state index in [1.54, 1.807) is 25.7 Å². The molecule has 2 saturated carbocycles. The lowest BCUT2D eigenvalue weighted by atomic mass is 9.85. The van der Waals surface area contributed by atoms with Crippen LogP contribution in [0, 0.1) is 11.3 Å². The lowest BCUT2D eigenvalue weighted by Crippen LogP contribution is -2.60. The van der Waals surface area contributed by atoms with Gasteiger partial charge in [0.05, 0.1) is 31.6 Å². The van der Waals surface area contributed by atoms with E-state index in [9.17, 15) is 32.4 Å². The van der Waals surface area contributed by atoms with Gasteiger partial charge in [-0.1, -0.05) is 58.7 Å². The van der Waals surface area contributed by atoms with E-state index in [0.717, 1.165) is 36.0 Å². The number of benzene rings is 1. The summed E-state index contributed by atoms with van der Waals surface area (Å²) in [6.07, 6.45) is 2.55. The summed E-state index contributed by atoms with van der Waals surface area (Å²) in [5.41, 5.74) is 0.714. The molecule has 15 nitrogen and oxygen atoms in total. The number of ether oxygens (including phenoxy) is 3. The number of hydrogen-bond acceptors (Lipinski definition) is 10. The van der Waals surface area contributed by atoms with Crippen LogP contribution in [-0.2, 0) is 58.3 Å². The van der Waals surface area contributed by atoms with Crippen LogP contribution in [0.2, 0.25) is 0 Å². The zero-order chi connectivity index (χ0) is 38.1. The Morgan fingerprint density at radius 3 is 2.42 bits per heavy atom. The molecule has 1 saturated heterocycles. The molecule has 0 aromatic heterocycles. The number of carbonyl (C=O) groups is 5. The van der Waals surface area contributed by atoms with Gasteiger partial charge in [-0.2, -0.15) is 0 Å². The van der Waals surface area contributed by atoms with Crippen molar-refractivity contribution in [3.05, 3.63) is 34.9 Å². The van der Waals surface area contributed by atoms with Crippen LogP contribution >= 0.6 is 0 Å². The van der Waals surface area contributed by atoms with Crippen molar-refractivity contribution < 1.29 is 46.6 Å². The second kappa shape index (κ2) is 15.4. The number of carbonyl (C=O) groups excluding carboxylic acids is 5. The van der Waals surface area contributed by atoms with Crippen molar-refractivity contribution in [2.24, 2.45) is 11.3 Å². The first-order valence-corrected chi connectivity index (χ1v) is 20.4. The van der Waals surface area contributed by atoms with Gasteiger partial charge >= 0.3 is 12.2 Å². The van der Waals surface area contributed by atoms with Gasteiger partial charge in [0.1, 0.15) is 23.7 Å². The Balaban J connectivity index is 1.25. The monoisotopic (exact) mass is 759 g/mol. The molecule has 1 aromatic rings. The summed E-state index contributed by atoms with van der Waals surface area (Å²) in [4.78, 5) is 71.6. The van der Waals surface area contributed by atoms with Gasteiger partial charge in [-0.05, 0) is 66.5 Å². The Kier molecular flexibility index (Phi) is 11.3. The summed E-state index contributed by atoms with van der Waals surface area (Å²) in [6.45, 7) is 8.84. The third kappa shape index (κ3) is 8.74. The predicted molar refractivity (Wildman–Crippen MR) is 191 cm³/mol. The molecule has 5 atom stereocenters. The molecule has 0 spiro atoms. The van der Waals surface area contributed by atoms with Gasteiger partial charge in [0.25, 0.3) is 5.91 Å². The van der Waals surface area contributed by atoms with Crippen molar-refractivity contribution in [2.75, 3.05) is 19.8 Å².